The molecule has 3 heterocycles. The van der Waals surface area contributed by atoms with Crippen LogP contribution in [0.5, 0.6) is 0 Å². The van der Waals surface area contributed by atoms with E-state index in [2.05, 4.69) is 20.9 Å². The van der Waals surface area contributed by atoms with Gasteiger partial charge in [0.15, 0.2) is 0 Å². The topological polar surface area (TPSA) is 85.9 Å². The number of nitrogens with two attached hydrogens (primary N) is 1. The molecule has 1 atom stereocenters. The van der Waals surface area contributed by atoms with E-state index in [1.54, 1.807) is 6.07 Å². The Morgan fingerprint density at radius 3 is 2.90 bits per heavy atom. The summed E-state index contributed by atoms with van der Waals surface area (Å²) in [5.74, 6) is 0. The maximum absolute atomic E-state index is 12.5. The lowest BCUT2D eigenvalue weighted by atomic mass is 9.97. The van der Waals surface area contributed by atoms with Crippen molar-refractivity contribution < 1.29 is 4.74 Å². The third kappa shape index (κ3) is 3.13. The summed E-state index contributed by atoms with van der Waals surface area (Å²) < 4.78 is 8.61. The second-order valence-corrected chi connectivity index (χ2v) is 8.54. The van der Waals surface area contributed by atoms with Crippen LogP contribution in [0.2, 0.25) is 5.02 Å². The Morgan fingerprint density at radius 2 is 2.10 bits per heavy atom. The number of benzene rings is 2. The smallest absolute Gasteiger partial charge is 0.272 e. The lowest BCUT2D eigenvalue weighted by Crippen LogP contribution is -2.18. The number of anilines is 1. The number of fused-ring (bicyclic) bond motifs is 2. The number of nitrogens with zero attached hydrogens (tertiary/aromatic N) is 2. The molecule has 2 aromatic heterocycles. The number of nitrogens with one attached hydrogen (secondary N) is 1. The fraction of sp³-hybridized carbons (Fsp3) is 0.238. The molecule has 0 amide bonds. The van der Waals surface area contributed by atoms with Crippen LogP contribution in [0, 0.1) is 0 Å². The molecule has 1 aliphatic rings. The van der Waals surface area contributed by atoms with E-state index in [9.17, 15) is 4.79 Å². The third-order valence-corrected chi connectivity index (χ3v) is 6.18. The zero-order chi connectivity index (χ0) is 20.1. The fourth-order valence-corrected chi connectivity index (χ4v) is 4.52. The summed E-state index contributed by atoms with van der Waals surface area (Å²) in [6, 6.07) is 9.38. The van der Waals surface area contributed by atoms with E-state index < -0.39 is 0 Å². The van der Waals surface area contributed by atoms with Gasteiger partial charge in [0, 0.05) is 39.1 Å². The van der Waals surface area contributed by atoms with Gasteiger partial charge in [0.2, 0.25) is 0 Å². The summed E-state index contributed by atoms with van der Waals surface area (Å²) in [6.45, 7) is 0.723. The van der Waals surface area contributed by atoms with Crippen molar-refractivity contribution in [3.63, 3.8) is 0 Å². The number of ether oxygens (including phenoxy) is 1. The SMILES string of the molecule is Nc1c(-c2ccc(Cl)c3nn(C4CCCCO4)cc23)c2cc(Br)ccc2[nH]c1=O. The fourth-order valence-electron chi connectivity index (χ4n) is 3.96. The van der Waals surface area contributed by atoms with Gasteiger partial charge in [-0.05, 0) is 49.1 Å². The third-order valence-electron chi connectivity index (χ3n) is 5.38. The zero-order valence-electron chi connectivity index (χ0n) is 15.4. The minimum Gasteiger partial charge on any atom is -0.394 e. The maximum atomic E-state index is 12.5. The van der Waals surface area contributed by atoms with Gasteiger partial charge in [-0.2, -0.15) is 5.10 Å². The van der Waals surface area contributed by atoms with Gasteiger partial charge in [-0.25, -0.2) is 4.68 Å². The molecule has 0 aliphatic carbocycles. The molecule has 0 spiro atoms. The van der Waals surface area contributed by atoms with Crippen LogP contribution in [0.1, 0.15) is 25.5 Å². The lowest BCUT2D eigenvalue weighted by Gasteiger charge is -2.22. The number of aromatic amines is 1. The summed E-state index contributed by atoms with van der Waals surface area (Å²) in [5, 5.41) is 6.93. The number of aromatic nitrogens is 3. The second kappa shape index (κ2) is 7.16. The highest BCUT2D eigenvalue weighted by atomic mass is 79.9. The van der Waals surface area contributed by atoms with Crippen LogP contribution in [0.25, 0.3) is 32.9 Å². The van der Waals surface area contributed by atoms with Crippen LogP contribution in [-0.2, 0) is 4.74 Å². The Morgan fingerprint density at radius 1 is 1.24 bits per heavy atom. The quantitative estimate of drug-likeness (QED) is 0.417. The van der Waals surface area contributed by atoms with Crippen molar-refractivity contribution in [1.82, 2.24) is 14.8 Å². The van der Waals surface area contributed by atoms with Crippen LogP contribution in [0.4, 0.5) is 5.69 Å². The molecule has 6 nitrogen and oxygen atoms in total. The Bertz CT molecular complexity index is 1310. The summed E-state index contributed by atoms with van der Waals surface area (Å²) in [5.41, 5.74) is 8.99. The number of H-pyrrole nitrogens is 1. The van der Waals surface area contributed by atoms with Crippen molar-refractivity contribution in [2.24, 2.45) is 0 Å². The molecule has 0 bridgehead atoms. The van der Waals surface area contributed by atoms with Crippen molar-refractivity contribution in [1.29, 1.82) is 0 Å². The highest BCUT2D eigenvalue weighted by Gasteiger charge is 2.21. The van der Waals surface area contributed by atoms with E-state index in [0.717, 1.165) is 46.7 Å². The molecule has 3 N–H and O–H groups in total. The predicted molar refractivity (Wildman–Crippen MR) is 119 cm³/mol. The molecule has 0 saturated carbocycles. The van der Waals surface area contributed by atoms with Crippen LogP contribution >= 0.6 is 27.5 Å². The maximum Gasteiger partial charge on any atom is 0.272 e. The number of hydrogen-bond acceptors (Lipinski definition) is 4. The molecular weight excluding hydrogens is 456 g/mol. The minimum absolute atomic E-state index is 0.109. The first kappa shape index (κ1) is 18.7. The molecule has 1 aliphatic heterocycles. The average Bonchev–Trinajstić information content (AvgIpc) is 3.18. The van der Waals surface area contributed by atoms with Crippen molar-refractivity contribution in [3.8, 4) is 11.1 Å². The Kier molecular flexibility index (Phi) is 4.61. The van der Waals surface area contributed by atoms with E-state index >= 15 is 0 Å². The van der Waals surface area contributed by atoms with E-state index in [0.29, 0.717) is 21.6 Å². The summed E-state index contributed by atoms with van der Waals surface area (Å²) in [4.78, 5) is 15.4. The largest absolute Gasteiger partial charge is 0.394 e. The van der Waals surface area contributed by atoms with Gasteiger partial charge in [-0.3, -0.25) is 4.79 Å². The van der Waals surface area contributed by atoms with Crippen LogP contribution < -0.4 is 11.3 Å². The first-order valence-electron chi connectivity index (χ1n) is 9.43. The van der Waals surface area contributed by atoms with Crippen LogP contribution in [0.3, 0.4) is 0 Å². The van der Waals surface area contributed by atoms with Crippen LogP contribution in [0.15, 0.2) is 45.8 Å². The normalized spacial score (nSPS) is 17.2. The van der Waals surface area contributed by atoms with Gasteiger partial charge in [-0.15, -0.1) is 0 Å². The van der Waals surface area contributed by atoms with Gasteiger partial charge >= 0.3 is 0 Å². The van der Waals surface area contributed by atoms with Gasteiger partial charge in [0.25, 0.3) is 5.56 Å². The first-order chi connectivity index (χ1) is 14.0. The van der Waals surface area contributed by atoms with Gasteiger partial charge in [-0.1, -0.05) is 33.6 Å². The zero-order valence-corrected chi connectivity index (χ0v) is 17.8. The molecule has 1 saturated heterocycles. The molecule has 5 rings (SSSR count). The Hall–Kier alpha value is -2.35. The number of pyridine rings is 1. The van der Waals surface area contributed by atoms with Gasteiger partial charge < -0.3 is 15.5 Å². The van der Waals surface area contributed by atoms with E-state index in [1.165, 1.54) is 0 Å². The van der Waals surface area contributed by atoms with E-state index in [4.69, 9.17) is 27.2 Å². The van der Waals surface area contributed by atoms with Crippen molar-refractivity contribution >= 4 is 55.0 Å². The van der Waals surface area contributed by atoms with E-state index in [1.807, 2.05) is 35.1 Å². The molecule has 29 heavy (non-hydrogen) atoms. The summed E-state index contributed by atoms with van der Waals surface area (Å²) in [7, 11) is 0. The molecule has 8 heteroatoms. The number of halogens is 2. The molecule has 2 aromatic carbocycles. The molecule has 148 valence electrons. The highest BCUT2D eigenvalue weighted by molar-refractivity contribution is 9.10. The number of hydrogen-bond donors (Lipinski definition) is 2. The molecule has 4 aromatic rings. The molecule has 0 radical (unpaired) electrons. The minimum atomic E-state index is -0.319. The lowest BCUT2D eigenvalue weighted by molar-refractivity contribution is -0.0390. The van der Waals surface area contributed by atoms with Gasteiger partial charge in [0.05, 0.1) is 5.02 Å². The second-order valence-electron chi connectivity index (χ2n) is 7.22. The van der Waals surface area contributed by atoms with Crippen LogP contribution in [-0.4, -0.2) is 21.4 Å². The standard InChI is InChI=1S/C21H18BrClN4O2/c22-11-4-7-16-13(9-11)18(19(24)21(28)25-16)12-5-6-15(23)20-14(12)10-27(26-20)17-3-1-2-8-29-17/h4-7,9-10,17H,1-3,8,24H2,(H,25,28). The monoisotopic (exact) mass is 472 g/mol. The van der Waals surface area contributed by atoms with E-state index in [-0.39, 0.29) is 17.5 Å². The van der Waals surface area contributed by atoms with Crippen molar-refractivity contribution in [3.05, 3.63) is 56.4 Å². The Balaban J connectivity index is 1.81. The molecular formula is C21H18BrClN4O2. The van der Waals surface area contributed by atoms with Gasteiger partial charge in [0.1, 0.15) is 17.4 Å². The van der Waals surface area contributed by atoms with Crippen molar-refractivity contribution in [2.45, 2.75) is 25.5 Å². The molecule has 1 fully saturated rings. The summed E-state index contributed by atoms with van der Waals surface area (Å²) >= 11 is 9.97. The number of rotatable bonds is 2. The molecule has 1 unspecified atom stereocenters. The average molecular weight is 474 g/mol. The van der Waals surface area contributed by atoms with Crippen molar-refractivity contribution in [2.75, 3.05) is 12.3 Å². The Labute approximate surface area is 179 Å². The highest BCUT2D eigenvalue weighted by Crippen LogP contribution is 2.39. The summed E-state index contributed by atoms with van der Waals surface area (Å²) in [6.07, 6.45) is 4.90. The predicted octanol–water partition coefficient (Wildman–Crippen LogP) is 5.24. The number of nitrogen functional groups attached to an aromatic ring is 1. The first-order valence-corrected chi connectivity index (χ1v) is 10.6.